The smallest absolute Gasteiger partial charge is 0.329 e. The molecule has 0 saturated carbocycles. The SMILES string of the molecule is CN(C(=O)c1ccc(-c2ccc(F)cc2)s1)C(C)(C)C(=O)O. The summed E-state index contributed by atoms with van der Waals surface area (Å²) in [5, 5.41) is 9.19. The van der Waals surface area contributed by atoms with Crippen molar-refractivity contribution in [2.24, 2.45) is 0 Å². The molecule has 1 amide bonds. The van der Waals surface area contributed by atoms with E-state index in [2.05, 4.69) is 0 Å². The standard InChI is InChI=1S/C16H16FNO3S/c1-16(2,15(20)21)18(3)14(19)13-9-8-12(22-13)10-4-6-11(17)7-5-10/h4-9H,1-3H3,(H,20,21). The highest BCUT2D eigenvalue weighted by Gasteiger charge is 2.36. The van der Waals surface area contributed by atoms with Crippen molar-refractivity contribution in [2.75, 3.05) is 7.05 Å². The summed E-state index contributed by atoms with van der Waals surface area (Å²) in [6.07, 6.45) is 0. The number of hydrogen-bond acceptors (Lipinski definition) is 3. The number of benzene rings is 1. The Kier molecular flexibility index (Phi) is 4.32. The first-order chi connectivity index (χ1) is 10.2. The first-order valence-electron chi connectivity index (χ1n) is 6.61. The normalized spacial score (nSPS) is 11.3. The van der Waals surface area contributed by atoms with E-state index in [0.717, 1.165) is 10.4 Å². The van der Waals surface area contributed by atoms with Gasteiger partial charge in [-0.3, -0.25) is 4.79 Å². The second-order valence-electron chi connectivity index (χ2n) is 5.40. The van der Waals surface area contributed by atoms with E-state index in [1.54, 1.807) is 24.3 Å². The van der Waals surface area contributed by atoms with Gasteiger partial charge in [0.1, 0.15) is 11.4 Å². The van der Waals surface area contributed by atoms with Crippen LogP contribution in [0.4, 0.5) is 4.39 Å². The third kappa shape index (κ3) is 3.01. The predicted octanol–water partition coefficient (Wildman–Crippen LogP) is 3.49. The molecule has 6 heteroatoms. The fourth-order valence-corrected chi connectivity index (χ4v) is 2.77. The number of rotatable bonds is 4. The number of carbonyl (C=O) groups is 2. The van der Waals surface area contributed by atoms with Crippen molar-refractivity contribution in [3.05, 3.63) is 47.1 Å². The molecule has 0 bridgehead atoms. The Balaban J connectivity index is 2.26. The zero-order valence-corrected chi connectivity index (χ0v) is 13.3. The van der Waals surface area contributed by atoms with Gasteiger partial charge in [-0.1, -0.05) is 12.1 Å². The molecule has 2 rings (SSSR count). The third-order valence-electron chi connectivity index (χ3n) is 3.61. The van der Waals surface area contributed by atoms with Crippen LogP contribution in [0.1, 0.15) is 23.5 Å². The van der Waals surface area contributed by atoms with E-state index >= 15 is 0 Å². The average molecular weight is 321 g/mol. The number of carbonyl (C=O) groups excluding carboxylic acids is 1. The molecule has 0 aliphatic rings. The van der Waals surface area contributed by atoms with Crippen molar-refractivity contribution in [1.82, 2.24) is 4.90 Å². The minimum atomic E-state index is -1.29. The van der Waals surface area contributed by atoms with E-state index in [1.807, 2.05) is 0 Å². The Morgan fingerprint density at radius 1 is 1.14 bits per heavy atom. The van der Waals surface area contributed by atoms with Gasteiger partial charge >= 0.3 is 5.97 Å². The molecule has 1 aromatic heterocycles. The fourth-order valence-electron chi connectivity index (χ4n) is 1.78. The number of thiophene rings is 1. The molecule has 0 atom stereocenters. The molecule has 116 valence electrons. The maximum atomic E-state index is 12.9. The van der Waals surface area contributed by atoms with E-state index in [-0.39, 0.29) is 11.7 Å². The van der Waals surface area contributed by atoms with Crippen molar-refractivity contribution >= 4 is 23.2 Å². The molecule has 1 aromatic carbocycles. The molecule has 1 N–H and O–H groups in total. The van der Waals surface area contributed by atoms with Crippen LogP contribution in [0.2, 0.25) is 0 Å². The lowest BCUT2D eigenvalue weighted by molar-refractivity contribution is -0.147. The first-order valence-corrected chi connectivity index (χ1v) is 7.42. The molecule has 0 radical (unpaired) electrons. The first kappa shape index (κ1) is 16.2. The van der Waals surface area contributed by atoms with Gasteiger partial charge in [0, 0.05) is 11.9 Å². The molecular weight excluding hydrogens is 305 g/mol. The number of hydrogen-bond donors (Lipinski definition) is 1. The summed E-state index contributed by atoms with van der Waals surface area (Å²) in [6.45, 7) is 2.95. The summed E-state index contributed by atoms with van der Waals surface area (Å²) < 4.78 is 12.9. The van der Waals surface area contributed by atoms with Crippen molar-refractivity contribution in [3.63, 3.8) is 0 Å². The van der Waals surface area contributed by atoms with E-state index in [9.17, 15) is 19.1 Å². The molecule has 1 heterocycles. The van der Waals surface area contributed by atoms with Gasteiger partial charge in [0.25, 0.3) is 5.91 Å². The summed E-state index contributed by atoms with van der Waals surface area (Å²) in [5.41, 5.74) is -0.484. The monoisotopic (exact) mass is 321 g/mol. The lowest BCUT2D eigenvalue weighted by Crippen LogP contribution is -2.50. The Morgan fingerprint density at radius 2 is 1.73 bits per heavy atom. The van der Waals surface area contributed by atoms with E-state index in [1.165, 1.54) is 49.3 Å². The van der Waals surface area contributed by atoms with Crippen molar-refractivity contribution in [3.8, 4) is 10.4 Å². The molecule has 0 fully saturated rings. The van der Waals surface area contributed by atoms with E-state index in [4.69, 9.17) is 0 Å². The number of likely N-dealkylation sites (N-methyl/N-ethyl adjacent to an activating group) is 1. The number of carboxylic acid groups (broad SMARTS) is 1. The largest absolute Gasteiger partial charge is 0.480 e. The zero-order valence-electron chi connectivity index (χ0n) is 12.5. The lowest BCUT2D eigenvalue weighted by Gasteiger charge is -2.31. The van der Waals surface area contributed by atoms with Crippen LogP contribution in [-0.2, 0) is 4.79 Å². The summed E-state index contributed by atoms with van der Waals surface area (Å²) in [5.74, 6) is -1.75. The summed E-state index contributed by atoms with van der Waals surface area (Å²) in [4.78, 5) is 26.1. The zero-order chi connectivity index (χ0) is 16.5. The maximum absolute atomic E-state index is 12.9. The van der Waals surface area contributed by atoms with Crippen LogP contribution in [0.15, 0.2) is 36.4 Å². The highest BCUT2D eigenvalue weighted by molar-refractivity contribution is 7.17. The minimum Gasteiger partial charge on any atom is -0.480 e. The molecule has 22 heavy (non-hydrogen) atoms. The molecule has 0 saturated heterocycles. The number of carboxylic acids is 1. The van der Waals surface area contributed by atoms with Gasteiger partial charge in [0.05, 0.1) is 4.88 Å². The maximum Gasteiger partial charge on any atom is 0.329 e. The highest BCUT2D eigenvalue weighted by atomic mass is 32.1. The van der Waals surface area contributed by atoms with Crippen molar-refractivity contribution in [1.29, 1.82) is 0 Å². The lowest BCUT2D eigenvalue weighted by atomic mass is 10.0. The molecular formula is C16H16FNO3S. The molecule has 2 aromatic rings. The Morgan fingerprint density at radius 3 is 2.27 bits per heavy atom. The van der Waals surface area contributed by atoms with Crippen LogP contribution in [0.25, 0.3) is 10.4 Å². The molecule has 0 aliphatic heterocycles. The Hall–Kier alpha value is -2.21. The molecule has 4 nitrogen and oxygen atoms in total. The quantitative estimate of drug-likeness (QED) is 0.938. The number of halogens is 1. The second kappa shape index (κ2) is 5.88. The number of amides is 1. The van der Waals surface area contributed by atoms with Gasteiger partial charge in [0.15, 0.2) is 0 Å². The van der Waals surface area contributed by atoms with Crippen molar-refractivity contribution in [2.45, 2.75) is 19.4 Å². The number of nitrogens with zero attached hydrogens (tertiary/aromatic N) is 1. The van der Waals surface area contributed by atoms with Crippen LogP contribution in [-0.4, -0.2) is 34.5 Å². The average Bonchev–Trinajstić information content (AvgIpc) is 2.96. The van der Waals surface area contributed by atoms with Gasteiger partial charge < -0.3 is 10.0 Å². The van der Waals surface area contributed by atoms with Crippen LogP contribution >= 0.6 is 11.3 Å². The summed E-state index contributed by atoms with van der Waals surface area (Å²) in [6, 6.07) is 9.42. The fraction of sp³-hybridized carbons (Fsp3) is 0.250. The highest BCUT2D eigenvalue weighted by Crippen LogP contribution is 2.30. The van der Waals surface area contributed by atoms with E-state index in [0.29, 0.717) is 4.88 Å². The van der Waals surface area contributed by atoms with Crippen molar-refractivity contribution < 1.29 is 19.1 Å². The summed E-state index contributed by atoms with van der Waals surface area (Å²) in [7, 11) is 1.47. The topological polar surface area (TPSA) is 57.6 Å². The second-order valence-corrected chi connectivity index (χ2v) is 6.48. The van der Waals surface area contributed by atoms with Gasteiger partial charge in [-0.2, -0.15) is 0 Å². The van der Waals surface area contributed by atoms with Gasteiger partial charge in [-0.25, -0.2) is 9.18 Å². The van der Waals surface area contributed by atoms with Gasteiger partial charge in [0.2, 0.25) is 0 Å². The predicted molar refractivity (Wildman–Crippen MR) is 83.5 cm³/mol. The Bertz CT molecular complexity index is 706. The molecule has 0 aliphatic carbocycles. The Labute approximate surface area is 131 Å². The number of aliphatic carboxylic acids is 1. The molecule has 0 unspecified atom stereocenters. The van der Waals surface area contributed by atoms with Gasteiger partial charge in [-0.15, -0.1) is 11.3 Å². The summed E-state index contributed by atoms with van der Waals surface area (Å²) >= 11 is 1.25. The third-order valence-corrected chi connectivity index (χ3v) is 4.73. The van der Waals surface area contributed by atoms with Crippen LogP contribution in [0.5, 0.6) is 0 Å². The minimum absolute atomic E-state index is 0.320. The van der Waals surface area contributed by atoms with E-state index < -0.39 is 11.5 Å². The van der Waals surface area contributed by atoms with Crippen LogP contribution in [0, 0.1) is 5.82 Å². The van der Waals surface area contributed by atoms with Crippen LogP contribution < -0.4 is 0 Å². The van der Waals surface area contributed by atoms with Crippen LogP contribution in [0.3, 0.4) is 0 Å². The van der Waals surface area contributed by atoms with Gasteiger partial charge in [-0.05, 0) is 43.7 Å². The molecule has 0 spiro atoms.